The Hall–Kier alpha value is -1.06. The summed E-state index contributed by atoms with van der Waals surface area (Å²) in [7, 11) is 0. The number of halogens is 1. The topological polar surface area (TPSA) is 63.3 Å². The van der Waals surface area contributed by atoms with Crippen molar-refractivity contribution in [2.75, 3.05) is 0 Å². The number of benzene rings is 1. The highest BCUT2D eigenvalue weighted by Gasteiger charge is 2.10. The third kappa shape index (κ3) is 4.64. The second kappa shape index (κ2) is 6.51. The summed E-state index contributed by atoms with van der Waals surface area (Å²) in [5.41, 5.74) is 9.25. The summed E-state index contributed by atoms with van der Waals surface area (Å²) < 4.78 is 0. The zero-order valence-electron chi connectivity index (χ0n) is 9.56. The van der Waals surface area contributed by atoms with Gasteiger partial charge in [0, 0.05) is 6.04 Å². The van der Waals surface area contributed by atoms with E-state index in [0.29, 0.717) is 6.42 Å². The normalized spacial score (nSPS) is 11.7. The molecule has 0 aliphatic heterocycles. The quantitative estimate of drug-likeness (QED) is 0.851. The molecule has 0 bridgehead atoms. The molecule has 3 N–H and O–H groups in total. The van der Waals surface area contributed by atoms with E-state index in [0.717, 1.165) is 5.56 Å². The molecule has 0 spiro atoms. The van der Waals surface area contributed by atoms with Gasteiger partial charge < -0.3 is 10.8 Å². The fourth-order valence-electron chi connectivity index (χ4n) is 1.65. The number of hydrogen-bond donors (Lipinski definition) is 2. The van der Waals surface area contributed by atoms with Gasteiger partial charge in [-0.05, 0) is 31.4 Å². The first-order valence-electron chi connectivity index (χ1n) is 5.02. The summed E-state index contributed by atoms with van der Waals surface area (Å²) in [4.78, 5) is 10.5. The van der Waals surface area contributed by atoms with Crippen molar-refractivity contribution in [3.05, 3.63) is 34.9 Å². The predicted octanol–water partition coefficient (Wildman–Crippen LogP) is 2.07. The highest BCUT2D eigenvalue weighted by Crippen LogP contribution is 2.12. The molecule has 1 rings (SSSR count). The molecular weight excluding hydrogens is 226 g/mol. The van der Waals surface area contributed by atoms with Crippen molar-refractivity contribution in [3.8, 4) is 0 Å². The standard InChI is InChI=1S/C12H17NO2.ClH/c1-8-3-4-10(9(2)5-8)6-11(13)7-12(14)15;/h3-5,11H,6-7,13H2,1-2H3,(H,14,15);1H. The summed E-state index contributed by atoms with van der Waals surface area (Å²) in [6, 6.07) is 5.83. The Bertz CT molecular complexity index is 366. The van der Waals surface area contributed by atoms with Crippen LogP contribution >= 0.6 is 12.4 Å². The molecule has 0 aromatic heterocycles. The number of carbonyl (C=O) groups is 1. The maximum absolute atomic E-state index is 10.5. The fourth-order valence-corrected chi connectivity index (χ4v) is 1.65. The molecule has 16 heavy (non-hydrogen) atoms. The summed E-state index contributed by atoms with van der Waals surface area (Å²) >= 11 is 0. The maximum Gasteiger partial charge on any atom is 0.304 e. The van der Waals surface area contributed by atoms with Crippen LogP contribution in [-0.4, -0.2) is 17.1 Å². The minimum absolute atomic E-state index is 0. The highest BCUT2D eigenvalue weighted by molar-refractivity contribution is 5.85. The molecule has 0 saturated carbocycles. The van der Waals surface area contributed by atoms with Gasteiger partial charge in [0.1, 0.15) is 0 Å². The summed E-state index contributed by atoms with van der Waals surface area (Å²) in [6.07, 6.45) is 0.645. The van der Waals surface area contributed by atoms with E-state index in [9.17, 15) is 4.79 Å². The molecule has 0 heterocycles. The molecule has 90 valence electrons. The van der Waals surface area contributed by atoms with E-state index in [1.54, 1.807) is 0 Å². The van der Waals surface area contributed by atoms with E-state index in [-0.39, 0.29) is 24.9 Å². The Morgan fingerprint density at radius 2 is 2.06 bits per heavy atom. The average Bonchev–Trinajstić information content (AvgIpc) is 2.08. The molecule has 3 nitrogen and oxygen atoms in total. The van der Waals surface area contributed by atoms with Crippen LogP contribution in [0.25, 0.3) is 0 Å². The first kappa shape index (κ1) is 14.9. The van der Waals surface area contributed by atoms with Crippen LogP contribution in [0.3, 0.4) is 0 Å². The number of aliphatic carboxylic acids is 1. The first-order valence-corrected chi connectivity index (χ1v) is 5.02. The van der Waals surface area contributed by atoms with Crippen molar-refractivity contribution in [1.82, 2.24) is 0 Å². The van der Waals surface area contributed by atoms with E-state index < -0.39 is 5.97 Å². The Labute approximate surface area is 102 Å². The van der Waals surface area contributed by atoms with Crippen molar-refractivity contribution in [2.45, 2.75) is 32.7 Å². The molecule has 0 aliphatic carbocycles. The van der Waals surface area contributed by atoms with Crippen LogP contribution in [-0.2, 0) is 11.2 Å². The zero-order chi connectivity index (χ0) is 11.4. The van der Waals surface area contributed by atoms with Crippen molar-refractivity contribution in [1.29, 1.82) is 0 Å². The number of rotatable bonds is 4. The van der Waals surface area contributed by atoms with E-state index in [1.165, 1.54) is 11.1 Å². The maximum atomic E-state index is 10.5. The van der Waals surface area contributed by atoms with Crippen molar-refractivity contribution >= 4 is 18.4 Å². The molecule has 0 aliphatic rings. The third-order valence-electron chi connectivity index (χ3n) is 2.42. The van der Waals surface area contributed by atoms with Gasteiger partial charge >= 0.3 is 5.97 Å². The lowest BCUT2D eigenvalue weighted by Gasteiger charge is -2.11. The van der Waals surface area contributed by atoms with Crippen LogP contribution in [0.5, 0.6) is 0 Å². The van der Waals surface area contributed by atoms with Crippen LogP contribution in [0.15, 0.2) is 18.2 Å². The Kier molecular flexibility index (Phi) is 6.08. The minimum atomic E-state index is -0.840. The van der Waals surface area contributed by atoms with E-state index >= 15 is 0 Å². The summed E-state index contributed by atoms with van der Waals surface area (Å²) in [5.74, 6) is -0.840. The second-order valence-corrected chi connectivity index (χ2v) is 3.99. The molecular formula is C12H18ClNO2. The average molecular weight is 244 g/mol. The summed E-state index contributed by atoms with van der Waals surface area (Å²) in [6.45, 7) is 4.06. The van der Waals surface area contributed by atoms with Crippen LogP contribution < -0.4 is 5.73 Å². The van der Waals surface area contributed by atoms with Gasteiger partial charge in [0.15, 0.2) is 0 Å². The van der Waals surface area contributed by atoms with Gasteiger partial charge in [0.2, 0.25) is 0 Å². The lowest BCUT2D eigenvalue weighted by atomic mass is 9.98. The number of carboxylic acids is 1. The molecule has 0 radical (unpaired) electrons. The summed E-state index contributed by atoms with van der Waals surface area (Å²) in [5, 5.41) is 8.60. The molecule has 1 atom stereocenters. The van der Waals surface area contributed by atoms with Gasteiger partial charge in [-0.15, -0.1) is 12.4 Å². The van der Waals surface area contributed by atoms with Crippen molar-refractivity contribution in [3.63, 3.8) is 0 Å². The van der Waals surface area contributed by atoms with Crippen molar-refractivity contribution in [2.24, 2.45) is 5.73 Å². The highest BCUT2D eigenvalue weighted by atomic mass is 35.5. The van der Waals surface area contributed by atoms with Gasteiger partial charge in [0.25, 0.3) is 0 Å². The number of nitrogens with two attached hydrogens (primary N) is 1. The predicted molar refractivity (Wildman–Crippen MR) is 67.1 cm³/mol. The monoisotopic (exact) mass is 243 g/mol. The van der Waals surface area contributed by atoms with Crippen LogP contribution in [0.1, 0.15) is 23.1 Å². The second-order valence-electron chi connectivity index (χ2n) is 3.99. The number of hydrogen-bond acceptors (Lipinski definition) is 2. The molecule has 0 saturated heterocycles. The van der Waals surface area contributed by atoms with E-state index in [2.05, 4.69) is 6.07 Å². The van der Waals surface area contributed by atoms with Gasteiger partial charge in [-0.25, -0.2) is 0 Å². The molecule has 4 heteroatoms. The minimum Gasteiger partial charge on any atom is -0.481 e. The lowest BCUT2D eigenvalue weighted by molar-refractivity contribution is -0.137. The van der Waals surface area contributed by atoms with E-state index in [1.807, 2.05) is 26.0 Å². The molecule has 1 unspecified atom stereocenters. The zero-order valence-corrected chi connectivity index (χ0v) is 10.4. The first-order chi connectivity index (χ1) is 6.99. The Morgan fingerprint density at radius 1 is 1.44 bits per heavy atom. The Balaban J connectivity index is 0.00000225. The SMILES string of the molecule is Cc1ccc(CC(N)CC(=O)O)c(C)c1.Cl. The number of carboxylic acid groups (broad SMARTS) is 1. The Morgan fingerprint density at radius 3 is 2.56 bits per heavy atom. The van der Waals surface area contributed by atoms with Crippen molar-refractivity contribution < 1.29 is 9.90 Å². The lowest BCUT2D eigenvalue weighted by Crippen LogP contribution is -2.26. The largest absolute Gasteiger partial charge is 0.481 e. The smallest absolute Gasteiger partial charge is 0.304 e. The van der Waals surface area contributed by atoms with Crippen LogP contribution in [0, 0.1) is 13.8 Å². The van der Waals surface area contributed by atoms with Gasteiger partial charge in [-0.2, -0.15) is 0 Å². The van der Waals surface area contributed by atoms with E-state index in [4.69, 9.17) is 10.8 Å². The fraction of sp³-hybridized carbons (Fsp3) is 0.417. The molecule has 0 fully saturated rings. The van der Waals surface area contributed by atoms with Gasteiger partial charge in [0.05, 0.1) is 6.42 Å². The molecule has 1 aromatic rings. The molecule has 0 amide bonds. The van der Waals surface area contributed by atoms with Crippen LogP contribution in [0.4, 0.5) is 0 Å². The van der Waals surface area contributed by atoms with Crippen LogP contribution in [0.2, 0.25) is 0 Å². The molecule has 1 aromatic carbocycles. The third-order valence-corrected chi connectivity index (χ3v) is 2.42. The number of aryl methyl sites for hydroxylation is 2. The van der Waals surface area contributed by atoms with Gasteiger partial charge in [-0.3, -0.25) is 4.79 Å². The van der Waals surface area contributed by atoms with Gasteiger partial charge in [-0.1, -0.05) is 23.8 Å².